The van der Waals surface area contributed by atoms with Crippen molar-refractivity contribution in [2.24, 2.45) is 0 Å². The number of sulfonamides is 1. The molecule has 1 unspecified atom stereocenters. The van der Waals surface area contributed by atoms with E-state index < -0.39 is 10.0 Å². The number of hydrogen-bond donors (Lipinski definition) is 1. The van der Waals surface area contributed by atoms with Gasteiger partial charge >= 0.3 is 0 Å². The zero-order chi connectivity index (χ0) is 21.6. The summed E-state index contributed by atoms with van der Waals surface area (Å²) < 4.78 is 46.4. The van der Waals surface area contributed by atoms with E-state index in [0.29, 0.717) is 28.5 Å². The third kappa shape index (κ3) is 4.59. The number of halogens is 1. The Morgan fingerprint density at radius 1 is 1.16 bits per heavy atom. The van der Waals surface area contributed by atoms with Crippen LogP contribution in [0, 0.1) is 5.82 Å². The van der Waals surface area contributed by atoms with Gasteiger partial charge in [0.15, 0.2) is 0 Å². The molecule has 2 fully saturated rings. The minimum atomic E-state index is -3.17. The first-order valence-electron chi connectivity index (χ1n) is 10.4. The molecule has 9 heteroatoms. The molecule has 0 saturated carbocycles. The molecule has 0 spiro atoms. The summed E-state index contributed by atoms with van der Waals surface area (Å²) in [5, 5.41) is 0.423. The molecular weight excluding hydrogens is 437 g/mol. The molecule has 5 rings (SSSR count). The molecule has 0 aliphatic carbocycles. The van der Waals surface area contributed by atoms with Crippen LogP contribution in [-0.4, -0.2) is 42.7 Å². The highest BCUT2D eigenvalue weighted by molar-refractivity contribution is 7.88. The SMILES string of the molecule is CS(=O)(=O)NC1C[C@H]2CC[C@@H](C1)N2Cc1ccc(Oc2nc3c(F)cccc3s2)cc1. The van der Waals surface area contributed by atoms with Crippen molar-refractivity contribution >= 4 is 31.6 Å². The summed E-state index contributed by atoms with van der Waals surface area (Å²) in [5.41, 5.74) is 1.53. The van der Waals surface area contributed by atoms with Crippen LogP contribution in [0.25, 0.3) is 10.2 Å². The number of fused-ring (bicyclic) bond motifs is 3. The number of nitrogens with zero attached hydrogens (tertiary/aromatic N) is 2. The Labute approximate surface area is 185 Å². The number of thiazole rings is 1. The molecule has 1 aromatic heterocycles. The summed E-state index contributed by atoms with van der Waals surface area (Å²) in [6.45, 7) is 0.841. The van der Waals surface area contributed by atoms with Crippen LogP contribution in [0.15, 0.2) is 42.5 Å². The molecule has 2 aromatic carbocycles. The first-order chi connectivity index (χ1) is 14.8. The predicted molar refractivity (Wildman–Crippen MR) is 119 cm³/mol. The average molecular weight is 462 g/mol. The maximum Gasteiger partial charge on any atom is 0.279 e. The standard InChI is InChI=1S/C22H24FN3O3S2/c1-31(27,28)25-15-11-16-7-8-17(12-15)26(16)13-14-5-9-18(10-6-14)29-22-24-21-19(23)3-2-4-20(21)30-22/h2-6,9-10,15-17,25H,7-8,11-13H2,1H3/t15?,16-,17+. The first-order valence-corrected chi connectivity index (χ1v) is 13.1. The van der Waals surface area contributed by atoms with Crippen molar-refractivity contribution in [1.29, 1.82) is 0 Å². The fourth-order valence-corrected chi connectivity index (χ4v) is 6.49. The van der Waals surface area contributed by atoms with Gasteiger partial charge in [-0.2, -0.15) is 4.98 Å². The molecule has 2 aliphatic heterocycles. The first kappa shape index (κ1) is 20.8. The van der Waals surface area contributed by atoms with Gasteiger partial charge in [0.1, 0.15) is 17.1 Å². The number of nitrogens with one attached hydrogen (secondary N) is 1. The summed E-state index contributed by atoms with van der Waals surface area (Å²) in [5.74, 6) is 0.325. The molecule has 164 valence electrons. The van der Waals surface area contributed by atoms with E-state index in [0.717, 1.165) is 36.9 Å². The Morgan fingerprint density at radius 3 is 2.52 bits per heavy atom. The van der Waals surface area contributed by atoms with E-state index in [1.165, 1.54) is 29.2 Å². The van der Waals surface area contributed by atoms with Crippen LogP contribution in [-0.2, 0) is 16.6 Å². The van der Waals surface area contributed by atoms with Crippen LogP contribution in [0.2, 0.25) is 0 Å². The maximum atomic E-state index is 13.8. The van der Waals surface area contributed by atoms with E-state index in [2.05, 4.69) is 14.6 Å². The lowest BCUT2D eigenvalue weighted by Crippen LogP contribution is -2.49. The summed E-state index contributed by atoms with van der Waals surface area (Å²) in [7, 11) is -3.17. The number of rotatable bonds is 6. The number of ether oxygens (including phenoxy) is 1. The summed E-state index contributed by atoms with van der Waals surface area (Å²) in [4.78, 5) is 6.75. The zero-order valence-corrected chi connectivity index (χ0v) is 18.8. The van der Waals surface area contributed by atoms with Crippen LogP contribution in [0.3, 0.4) is 0 Å². The molecular formula is C22H24FN3O3S2. The Hall–Kier alpha value is -2.07. The fraction of sp³-hybridized carbons (Fsp3) is 0.409. The van der Waals surface area contributed by atoms with Gasteiger partial charge in [0.25, 0.3) is 5.19 Å². The second-order valence-electron chi connectivity index (χ2n) is 8.43. The highest BCUT2D eigenvalue weighted by Crippen LogP contribution is 2.37. The largest absolute Gasteiger partial charge is 0.431 e. The van der Waals surface area contributed by atoms with Crippen LogP contribution in [0.4, 0.5) is 4.39 Å². The number of benzene rings is 2. The minimum Gasteiger partial charge on any atom is -0.431 e. The van der Waals surface area contributed by atoms with Gasteiger partial charge in [-0.15, -0.1) is 0 Å². The van der Waals surface area contributed by atoms with Gasteiger partial charge in [0, 0.05) is 24.7 Å². The zero-order valence-electron chi connectivity index (χ0n) is 17.1. The van der Waals surface area contributed by atoms with Gasteiger partial charge in [0.2, 0.25) is 10.0 Å². The number of piperidine rings is 1. The van der Waals surface area contributed by atoms with Crippen molar-refractivity contribution in [2.75, 3.05) is 6.26 Å². The van der Waals surface area contributed by atoms with Crippen molar-refractivity contribution in [3.05, 3.63) is 53.8 Å². The van der Waals surface area contributed by atoms with E-state index in [4.69, 9.17) is 4.74 Å². The van der Waals surface area contributed by atoms with Crippen molar-refractivity contribution in [1.82, 2.24) is 14.6 Å². The molecule has 3 atom stereocenters. The molecule has 2 saturated heterocycles. The molecule has 0 amide bonds. The fourth-order valence-electron chi connectivity index (χ4n) is 4.84. The van der Waals surface area contributed by atoms with Gasteiger partial charge in [-0.3, -0.25) is 4.90 Å². The second-order valence-corrected chi connectivity index (χ2v) is 11.2. The van der Waals surface area contributed by atoms with Crippen molar-refractivity contribution in [2.45, 2.75) is 50.4 Å². The predicted octanol–water partition coefficient (Wildman–Crippen LogP) is 4.27. The lowest BCUT2D eigenvalue weighted by atomic mass is 9.97. The van der Waals surface area contributed by atoms with Crippen LogP contribution in [0.1, 0.15) is 31.2 Å². The normalized spacial score (nSPS) is 24.0. The molecule has 1 N–H and O–H groups in total. The minimum absolute atomic E-state index is 0.0400. The second kappa shape index (κ2) is 8.12. The van der Waals surface area contributed by atoms with E-state index in [-0.39, 0.29) is 11.9 Å². The van der Waals surface area contributed by atoms with E-state index in [1.54, 1.807) is 6.07 Å². The Balaban J connectivity index is 1.23. The molecule has 2 aliphatic rings. The lowest BCUT2D eigenvalue weighted by Gasteiger charge is -2.39. The molecule has 3 heterocycles. The maximum absolute atomic E-state index is 13.8. The number of para-hydroxylation sites is 1. The molecule has 2 bridgehead atoms. The summed E-state index contributed by atoms with van der Waals surface area (Å²) in [6, 6.07) is 13.7. The van der Waals surface area contributed by atoms with Crippen molar-refractivity contribution in [3.63, 3.8) is 0 Å². The van der Waals surface area contributed by atoms with Gasteiger partial charge in [0.05, 0.1) is 11.0 Å². The molecule has 6 nitrogen and oxygen atoms in total. The molecule has 3 aromatic rings. The highest BCUT2D eigenvalue weighted by atomic mass is 32.2. The monoisotopic (exact) mass is 461 g/mol. The van der Waals surface area contributed by atoms with Gasteiger partial charge in [-0.25, -0.2) is 17.5 Å². The molecule has 0 radical (unpaired) electrons. The van der Waals surface area contributed by atoms with Crippen LogP contribution < -0.4 is 9.46 Å². The Kier molecular flexibility index (Phi) is 5.45. The number of hydrogen-bond acceptors (Lipinski definition) is 6. The van der Waals surface area contributed by atoms with E-state index in [9.17, 15) is 12.8 Å². The van der Waals surface area contributed by atoms with Gasteiger partial charge < -0.3 is 4.74 Å². The van der Waals surface area contributed by atoms with Gasteiger partial charge in [-0.05, 0) is 55.5 Å². The van der Waals surface area contributed by atoms with E-state index >= 15 is 0 Å². The number of aromatic nitrogens is 1. The highest BCUT2D eigenvalue weighted by Gasteiger charge is 2.41. The molecule has 31 heavy (non-hydrogen) atoms. The third-order valence-electron chi connectivity index (χ3n) is 6.11. The lowest BCUT2D eigenvalue weighted by molar-refractivity contribution is 0.116. The Morgan fingerprint density at radius 2 is 1.87 bits per heavy atom. The average Bonchev–Trinajstić information content (AvgIpc) is 3.21. The van der Waals surface area contributed by atoms with Crippen LogP contribution in [0.5, 0.6) is 10.9 Å². The van der Waals surface area contributed by atoms with Crippen molar-refractivity contribution < 1.29 is 17.5 Å². The summed E-state index contributed by atoms with van der Waals surface area (Å²) >= 11 is 1.32. The van der Waals surface area contributed by atoms with E-state index in [1.807, 2.05) is 30.3 Å². The quantitative estimate of drug-likeness (QED) is 0.594. The van der Waals surface area contributed by atoms with Gasteiger partial charge in [-0.1, -0.05) is 29.5 Å². The van der Waals surface area contributed by atoms with Crippen LogP contribution >= 0.6 is 11.3 Å². The Bertz CT molecular complexity index is 1180. The topological polar surface area (TPSA) is 71.5 Å². The summed E-state index contributed by atoms with van der Waals surface area (Å²) in [6.07, 6.45) is 5.18. The smallest absolute Gasteiger partial charge is 0.279 e. The van der Waals surface area contributed by atoms with Crippen molar-refractivity contribution in [3.8, 4) is 10.9 Å². The third-order valence-corrected chi connectivity index (χ3v) is 7.77.